The number of unbranched alkanes of at least 4 members (excludes halogenated alkanes) is 20. The van der Waals surface area contributed by atoms with E-state index >= 15 is 0 Å². The highest BCUT2D eigenvalue weighted by atomic mass is 32.1. The first-order chi connectivity index (χ1) is 44.3. The van der Waals surface area contributed by atoms with Gasteiger partial charge in [-0.05, 0) is 187 Å². The average molecular weight is 1210 g/mol. The van der Waals surface area contributed by atoms with Gasteiger partial charge < -0.3 is 4.42 Å². The van der Waals surface area contributed by atoms with Crippen molar-refractivity contribution < 1.29 is 4.42 Å². The van der Waals surface area contributed by atoms with Crippen LogP contribution in [0.1, 0.15) is 215 Å². The van der Waals surface area contributed by atoms with Crippen molar-refractivity contribution in [1.82, 2.24) is 9.97 Å². The Hall–Kier alpha value is -7.14. The molecule has 0 N–H and O–H groups in total. The van der Waals surface area contributed by atoms with E-state index in [2.05, 4.69) is 199 Å². The van der Waals surface area contributed by atoms with E-state index < -0.39 is 0 Å². The highest BCUT2D eigenvalue weighted by molar-refractivity contribution is 7.25. The molecule has 0 spiro atoms. The summed E-state index contributed by atoms with van der Waals surface area (Å²) < 4.78 is 8.94. The Balaban J connectivity index is 1.10. The van der Waals surface area contributed by atoms with Crippen molar-refractivity contribution in [3.63, 3.8) is 0 Å². The number of aromatic nitrogens is 2. The van der Waals surface area contributed by atoms with Crippen LogP contribution in [0.25, 0.3) is 109 Å². The van der Waals surface area contributed by atoms with Crippen LogP contribution in [0.3, 0.4) is 0 Å². The van der Waals surface area contributed by atoms with E-state index in [4.69, 9.17) is 14.4 Å². The molecule has 0 bridgehead atoms. The van der Waals surface area contributed by atoms with E-state index in [1.165, 1.54) is 239 Å². The standard InChI is InChI=1S/C86H100N2OS/c1-7-11-15-19-23-27-38-63-54-75(65(52-62(63)6)39-28-24-20-16-12-8-2)80-59-81(88-86(87-80)70-49-50-84-78(57-70)79-58-77-73-47-33-34-48-82(73)89-83(77)60-85(79)90-84)76-56-68(40-29-25-21-17-13-9-3)74(55-69(76)41-30-26-22-18-14-10-4)67-44-36-43-66(53-67)72-46-32-31-45-71(72)64-42-35-37-61(5)51-64/h31-37,42-60H,7-30,38-41H2,1-6H3. The lowest BCUT2D eigenvalue weighted by atomic mass is 9.86. The van der Waals surface area contributed by atoms with Gasteiger partial charge in [0.25, 0.3) is 0 Å². The average Bonchev–Trinajstić information content (AvgIpc) is 1.56. The summed E-state index contributed by atoms with van der Waals surface area (Å²) >= 11 is 1.85. The molecule has 3 heterocycles. The fourth-order valence-electron chi connectivity index (χ4n) is 14.2. The minimum atomic E-state index is 0.800. The van der Waals surface area contributed by atoms with Crippen LogP contribution < -0.4 is 0 Å². The lowest BCUT2D eigenvalue weighted by Crippen LogP contribution is -2.03. The van der Waals surface area contributed by atoms with Crippen LogP contribution in [0, 0.1) is 13.8 Å². The van der Waals surface area contributed by atoms with Crippen LogP contribution in [-0.4, -0.2) is 9.97 Å². The molecule has 11 aromatic rings. The zero-order chi connectivity index (χ0) is 62.0. The van der Waals surface area contributed by atoms with Crippen molar-refractivity contribution in [3.8, 4) is 67.3 Å². The van der Waals surface area contributed by atoms with Gasteiger partial charge in [-0.25, -0.2) is 9.97 Å². The molecule has 0 fully saturated rings. The van der Waals surface area contributed by atoms with Crippen LogP contribution in [0.4, 0.5) is 0 Å². The molecule has 0 aliphatic heterocycles. The number of aryl methyl sites for hydroxylation is 6. The zero-order valence-electron chi connectivity index (χ0n) is 55.5. The monoisotopic (exact) mass is 1210 g/mol. The van der Waals surface area contributed by atoms with Crippen molar-refractivity contribution in [2.24, 2.45) is 0 Å². The van der Waals surface area contributed by atoms with E-state index in [1.807, 2.05) is 11.3 Å². The molecule has 466 valence electrons. The van der Waals surface area contributed by atoms with Gasteiger partial charge in [-0.1, -0.05) is 259 Å². The van der Waals surface area contributed by atoms with E-state index in [9.17, 15) is 0 Å². The number of rotatable bonds is 34. The first kappa shape index (κ1) is 64.4. The van der Waals surface area contributed by atoms with Gasteiger partial charge in [0.05, 0.1) is 11.4 Å². The summed E-state index contributed by atoms with van der Waals surface area (Å²) in [6.45, 7) is 13.9. The summed E-state index contributed by atoms with van der Waals surface area (Å²) in [7, 11) is 0. The smallest absolute Gasteiger partial charge is 0.160 e. The molecular formula is C86H100N2OS. The Morgan fingerprint density at radius 1 is 0.311 bits per heavy atom. The van der Waals surface area contributed by atoms with E-state index in [0.717, 1.165) is 83.2 Å². The van der Waals surface area contributed by atoms with Gasteiger partial charge in [0.1, 0.15) is 11.2 Å². The number of nitrogens with zero attached hydrogens (tertiary/aromatic N) is 2. The SMILES string of the molecule is CCCCCCCCc1cc(-c2cc(-c3cc(CCCCCCCC)c(-c4cccc(-c5ccccc5-c5cccc(C)c5)c4)cc3CCCCCCCC)nc(-c3ccc4sc5cc6oc7ccccc7c6cc5c4c3)n2)c(CCCCCCCC)cc1C. The second-order valence-corrected chi connectivity index (χ2v) is 27.5. The zero-order valence-corrected chi connectivity index (χ0v) is 56.3. The molecule has 4 heteroatoms. The topological polar surface area (TPSA) is 38.9 Å². The lowest BCUT2D eigenvalue weighted by molar-refractivity contribution is 0.605. The van der Waals surface area contributed by atoms with Gasteiger partial charge in [0.15, 0.2) is 5.82 Å². The Morgan fingerprint density at radius 3 is 1.39 bits per heavy atom. The van der Waals surface area contributed by atoms with Gasteiger partial charge in [-0.3, -0.25) is 0 Å². The third kappa shape index (κ3) is 15.9. The molecule has 0 aliphatic carbocycles. The summed E-state index contributed by atoms with van der Waals surface area (Å²) in [5.41, 5.74) is 23.7. The van der Waals surface area contributed by atoms with Crippen LogP contribution in [0.15, 0.2) is 162 Å². The van der Waals surface area contributed by atoms with Crippen LogP contribution in [-0.2, 0) is 25.7 Å². The molecule has 0 aliphatic rings. The van der Waals surface area contributed by atoms with Crippen LogP contribution in [0.5, 0.6) is 0 Å². The Labute approximate surface area is 544 Å². The summed E-state index contributed by atoms with van der Waals surface area (Å²) in [5, 5.41) is 4.82. The summed E-state index contributed by atoms with van der Waals surface area (Å²) in [5.74, 6) is 0.800. The van der Waals surface area contributed by atoms with Gasteiger partial charge >= 0.3 is 0 Å². The minimum absolute atomic E-state index is 0.800. The predicted molar refractivity (Wildman–Crippen MR) is 393 cm³/mol. The van der Waals surface area contributed by atoms with E-state index in [-0.39, 0.29) is 0 Å². The normalized spacial score (nSPS) is 11.8. The van der Waals surface area contributed by atoms with E-state index in [1.54, 1.807) is 0 Å². The molecule has 3 aromatic heterocycles. The second kappa shape index (κ2) is 32.2. The minimum Gasteiger partial charge on any atom is -0.456 e. The number of para-hydroxylation sites is 1. The maximum absolute atomic E-state index is 6.44. The molecule has 0 saturated carbocycles. The Morgan fingerprint density at radius 2 is 0.789 bits per heavy atom. The number of benzene rings is 8. The summed E-state index contributed by atoms with van der Waals surface area (Å²) in [4.78, 5) is 11.7. The lowest BCUT2D eigenvalue weighted by Gasteiger charge is -2.20. The summed E-state index contributed by atoms with van der Waals surface area (Å²) in [6.07, 6.45) is 34.6. The van der Waals surface area contributed by atoms with Gasteiger partial charge in [0.2, 0.25) is 0 Å². The molecule has 0 unspecified atom stereocenters. The number of hydrogen-bond donors (Lipinski definition) is 0. The van der Waals surface area contributed by atoms with Crippen molar-refractivity contribution in [1.29, 1.82) is 0 Å². The van der Waals surface area contributed by atoms with Crippen LogP contribution in [0.2, 0.25) is 0 Å². The molecule has 0 amide bonds. The highest BCUT2D eigenvalue weighted by Crippen LogP contribution is 2.44. The third-order valence-corrected chi connectivity index (χ3v) is 20.5. The number of thiophene rings is 1. The fraction of sp³-hybridized carbons (Fsp3) is 0.395. The van der Waals surface area contributed by atoms with Gasteiger partial charge in [-0.2, -0.15) is 0 Å². The second-order valence-electron chi connectivity index (χ2n) is 26.4. The van der Waals surface area contributed by atoms with Gasteiger partial charge in [0, 0.05) is 47.6 Å². The highest BCUT2D eigenvalue weighted by Gasteiger charge is 2.22. The number of furan rings is 1. The number of hydrogen-bond acceptors (Lipinski definition) is 4. The third-order valence-electron chi connectivity index (χ3n) is 19.3. The molecule has 3 nitrogen and oxygen atoms in total. The Kier molecular flexibility index (Phi) is 23.1. The first-order valence-corrected chi connectivity index (χ1v) is 36.3. The molecule has 11 rings (SSSR count). The first-order valence-electron chi connectivity index (χ1n) is 35.5. The molecule has 0 saturated heterocycles. The van der Waals surface area contributed by atoms with Crippen molar-refractivity contribution >= 4 is 53.4 Å². The maximum atomic E-state index is 6.44. The Bertz CT molecular complexity index is 4140. The molecular weight excluding hydrogens is 1110 g/mol. The van der Waals surface area contributed by atoms with Crippen molar-refractivity contribution in [2.75, 3.05) is 0 Å². The molecule has 90 heavy (non-hydrogen) atoms. The largest absolute Gasteiger partial charge is 0.456 e. The fourth-order valence-corrected chi connectivity index (χ4v) is 15.3. The molecule has 0 atom stereocenters. The number of fused-ring (bicyclic) bond motifs is 6. The quantitative estimate of drug-likeness (QED) is 0.0377. The van der Waals surface area contributed by atoms with Gasteiger partial charge in [-0.15, -0.1) is 11.3 Å². The van der Waals surface area contributed by atoms with Crippen molar-refractivity contribution in [3.05, 3.63) is 191 Å². The molecule has 0 radical (unpaired) electrons. The summed E-state index contributed by atoms with van der Waals surface area (Å²) in [6, 6.07) is 60.4. The molecule has 8 aromatic carbocycles. The predicted octanol–water partition coefficient (Wildman–Crippen LogP) is 27.0. The van der Waals surface area contributed by atoms with E-state index in [0.29, 0.717) is 0 Å². The van der Waals surface area contributed by atoms with Crippen LogP contribution >= 0.6 is 11.3 Å². The maximum Gasteiger partial charge on any atom is 0.160 e. The van der Waals surface area contributed by atoms with Crippen molar-refractivity contribution in [2.45, 2.75) is 221 Å².